The van der Waals surface area contributed by atoms with Gasteiger partial charge in [0.1, 0.15) is 0 Å². The molecule has 1 atom stereocenters. The van der Waals surface area contributed by atoms with Crippen LogP contribution >= 0.6 is 0 Å². The second-order valence-electron chi connectivity index (χ2n) is 8.14. The molecule has 6 nitrogen and oxygen atoms in total. The van der Waals surface area contributed by atoms with Gasteiger partial charge < -0.3 is 19.9 Å². The molecule has 0 bridgehead atoms. The molecule has 4 rings (SSSR count). The van der Waals surface area contributed by atoms with Gasteiger partial charge in [0.2, 0.25) is 5.91 Å². The Kier molecular flexibility index (Phi) is 5.08. The first-order valence-electron chi connectivity index (χ1n) is 10.1. The topological polar surface area (TPSA) is 61.9 Å². The molecule has 3 aliphatic heterocycles. The van der Waals surface area contributed by atoms with E-state index in [1.54, 1.807) is 0 Å². The van der Waals surface area contributed by atoms with Crippen molar-refractivity contribution in [3.63, 3.8) is 0 Å². The fourth-order valence-corrected chi connectivity index (χ4v) is 4.78. The summed E-state index contributed by atoms with van der Waals surface area (Å²) in [5, 5.41) is 3.01. The molecule has 3 aliphatic rings. The molecule has 1 N–H and O–H groups in total. The van der Waals surface area contributed by atoms with Gasteiger partial charge in [0.05, 0.1) is 5.41 Å². The summed E-state index contributed by atoms with van der Waals surface area (Å²) in [5.41, 5.74) is 1.49. The van der Waals surface area contributed by atoms with Crippen molar-refractivity contribution in [2.75, 3.05) is 38.2 Å². The zero-order chi connectivity index (χ0) is 18.9. The lowest BCUT2D eigenvalue weighted by molar-refractivity contribution is -0.150. The lowest BCUT2D eigenvalue weighted by atomic mass is 9.77. The van der Waals surface area contributed by atoms with Gasteiger partial charge in [-0.25, -0.2) is 4.79 Å². The summed E-state index contributed by atoms with van der Waals surface area (Å²) in [7, 11) is 0. The highest BCUT2D eigenvalue weighted by molar-refractivity contribution is 5.92. The predicted molar refractivity (Wildman–Crippen MR) is 104 cm³/mol. The third-order valence-electron chi connectivity index (χ3n) is 6.43. The molecule has 0 unspecified atom stereocenters. The van der Waals surface area contributed by atoms with Crippen molar-refractivity contribution < 1.29 is 14.3 Å². The van der Waals surface area contributed by atoms with Crippen LogP contribution in [-0.4, -0.2) is 60.6 Å². The maximum atomic E-state index is 13.4. The highest BCUT2D eigenvalue weighted by atomic mass is 16.5. The number of rotatable bonds is 2. The number of likely N-dealkylation sites (tertiary alicyclic amines) is 2. The standard InChI is InChI=1S/C21H29N3O3/c1-16-5-2-3-6-18(16)22-20(26)23-12-10-21(15-23)9-4-11-24(19(21)25)17-7-13-27-14-8-17/h2-3,5-6,17H,4,7-15H2,1H3,(H,22,26)/t21-/m1/s1. The third-order valence-corrected chi connectivity index (χ3v) is 6.43. The van der Waals surface area contributed by atoms with Gasteiger partial charge in [0.15, 0.2) is 0 Å². The number of carbonyl (C=O) groups excluding carboxylic acids is 2. The molecule has 0 aliphatic carbocycles. The average molecular weight is 371 g/mol. The number of hydrogen-bond donors (Lipinski definition) is 1. The Hall–Kier alpha value is -2.08. The van der Waals surface area contributed by atoms with E-state index >= 15 is 0 Å². The summed E-state index contributed by atoms with van der Waals surface area (Å²) >= 11 is 0. The molecule has 3 heterocycles. The number of nitrogens with one attached hydrogen (secondary N) is 1. The number of hydrogen-bond acceptors (Lipinski definition) is 3. The molecule has 0 saturated carbocycles. The van der Waals surface area contributed by atoms with Gasteiger partial charge in [-0.2, -0.15) is 0 Å². The Morgan fingerprint density at radius 1 is 1.19 bits per heavy atom. The summed E-state index contributed by atoms with van der Waals surface area (Å²) in [4.78, 5) is 30.0. The Bertz CT molecular complexity index is 716. The van der Waals surface area contributed by atoms with Crippen molar-refractivity contribution in [2.45, 2.75) is 45.1 Å². The highest BCUT2D eigenvalue weighted by Gasteiger charge is 2.50. The third kappa shape index (κ3) is 3.55. The summed E-state index contributed by atoms with van der Waals surface area (Å²) in [6.45, 7) is 5.49. The molecule has 27 heavy (non-hydrogen) atoms. The van der Waals surface area contributed by atoms with Crippen LogP contribution in [0.3, 0.4) is 0 Å². The van der Waals surface area contributed by atoms with E-state index in [2.05, 4.69) is 10.2 Å². The van der Waals surface area contributed by atoms with Crippen LogP contribution in [0.2, 0.25) is 0 Å². The molecular formula is C21H29N3O3. The molecule has 3 amide bonds. The van der Waals surface area contributed by atoms with Gasteiger partial charge >= 0.3 is 6.03 Å². The first kappa shape index (κ1) is 18.3. The number of piperidine rings is 1. The first-order chi connectivity index (χ1) is 13.1. The zero-order valence-electron chi connectivity index (χ0n) is 16.1. The zero-order valence-corrected chi connectivity index (χ0v) is 16.1. The van der Waals surface area contributed by atoms with Crippen LogP contribution in [0.4, 0.5) is 10.5 Å². The second-order valence-corrected chi connectivity index (χ2v) is 8.14. The smallest absolute Gasteiger partial charge is 0.321 e. The van der Waals surface area contributed by atoms with E-state index in [4.69, 9.17) is 4.74 Å². The van der Waals surface area contributed by atoms with Gasteiger partial charge in [-0.3, -0.25) is 4.79 Å². The van der Waals surface area contributed by atoms with Gasteiger partial charge in [0, 0.05) is 44.6 Å². The monoisotopic (exact) mass is 371 g/mol. The van der Waals surface area contributed by atoms with Crippen LogP contribution in [-0.2, 0) is 9.53 Å². The molecule has 1 aromatic carbocycles. The second kappa shape index (κ2) is 7.50. The summed E-state index contributed by atoms with van der Waals surface area (Å²) in [6.07, 6.45) is 4.54. The number of benzene rings is 1. The maximum Gasteiger partial charge on any atom is 0.321 e. The fourth-order valence-electron chi connectivity index (χ4n) is 4.78. The van der Waals surface area contributed by atoms with Gasteiger partial charge in [-0.1, -0.05) is 18.2 Å². The number of nitrogens with zero attached hydrogens (tertiary/aromatic N) is 2. The van der Waals surface area contributed by atoms with Crippen molar-refractivity contribution in [1.82, 2.24) is 9.80 Å². The van der Waals surface area contributed by atoms with Crippen molar-refractivity contribution in [1.29, 1.82) is 0 Å². The van der Waals surface area contributed by atoms with Crippen molar-refractivity contribution >= 4 is 17.6 Å². The SMILES string of the molecule is Cc1ccccc1NC(=O)N1CC[C@]2(CCCN(C3CCOCC3)C2=O)C1. The van der Waals surface area contributed by atoms with Crippen molar-refractivity contribution in [2.24, 2.45) is 5.41 Å². The van der Waals surface area contributed by atoms with E-state index in [0.29, 0.717) is 19.1 Å². The Morgan fingerprint density at radius 3 is 2.74 bits per heavy atom. The van der Waals surface area contributed by atoms with E-state index < -0.39 is 0 Å². The molecule has 3 saturated heterocycles. The molecule has 1 aromatic rings. The summed E-state index contributed by atoms with van der Waals surface area (Å²) in [6, 6.07) is 7.98. The van der Waals surface area contributed by atoms with Crippen LogP contribution in [0.25, 0.3) is 0 Å². The number of aryl methyl sites for hydroxylation is 1. The Morgan fingerprint density at radius 2 is 1.96 bits per heavy atom. The number of amides is 3. The van der Waals surface area contributed by atoms with Crippen LogP contribution in [0.5, 0.6) is 0 Å². The normalized spacial score (nSPS) is 26.6. The molecule has 1 spiro atoms. The number of ether oxygens (including phenoxy) is 1. The molecule has 0 aromatic heterocycles. The summed E-state index contributed by atoms with van der Waals surface area (Å²) < 4.78 is 5.46. The largest absolute Gasteiger partial charge is 0.381 e. The Balaban J connectivity index is 1.43. The molecule has 146 valence electrons. The van der Waals surface area contributed by atoms with E-state index in [1.165, 1.54) is 0 Å². The molecule has 6 heteroatoms. The summed E-state index contributed by atoms with van der Waals surface area (Å²) in [5.74, 6) is 0.256. The first-order valence-corrected chi connectivity index (χ1v) is 10.1. The number of anilines is 1. The fraction of sp³-hybridized carbons (Fsp3) is 0.619. The lowest BCUT2D eigenvalue weighted by Crippen LogP contribution is -2.55. The van der Waals surface area contributed by atoms with Crippen molar-refractivity contribution in [3.8, 4) is 0 Å². The van der Waals surface area contributed by atoms with Gasteiger partial charge in [-0.15, -0.1) is 0 Å². The molecular weight excluding hydrogens is 342 g/mol. The number of urea groups is 1. The minimum atomic E-state index is -0.389. The van der Waals surface area contributed by atoms with Crippen LogP contribution in [0, 0.1) is 12.3 Å². The van der Waals surface area contributed by atoms with Crippen LogP contribution in [0.1, 0.15) is 37.7 Å². The minimum Gasteiger partial charge on any atom is -0.381 e. The Labute approximate surface area is 160 Å². The average Bonchev–Trinajstić information content (AvgIpc) is 3.12. The quantitative estimate of drug-likeness (QED) is 0.869. The number of carbonyl (C=O) groups is 2. The van der Waals surface area contributed by atoms with E-state index in [9.17, 15) is 9.59 Å². The van der Waals surface area contributed by atoms with Crippen LogP contribution < -0.4 is 5.32 Å². The number of para-hydroxylation sites is 1. The van der Waals surface area contributed by atoms with Gasteiger partial charge in [0.25, 0.3) is 0 Å². The van der Waals surface area contributed by atoms with E-state index in [0.717, 1.165) is 63.1 Å². The minimum absolute atomic E-state index is 0.0998. The highest BCUT2D eigenvalue weighted by Crippen LogP contribution is 2.41. The maximum absolute atomic E-state index is 13.4. The molecule has 0 radical (unpaired) electrons. The van der Waals surface area contributed by atoms with E-state index in [1.807, 2.05) is 36.1 Å². The van der Waals surface area contributed by atoms with E-state index in [-0.39, 0.29) is 17.4 Å². The van der Waals surface area contributed by atoms with Crippen molar-refractivity contribution in [3.05, 3.63) is 29.8 Å². The van der Waals surface area contributed by atoms with Gasteiger partial charge in [-0.05, 0) is 50.7 Å². The van der Waals surface area contributed by atoms with Crippen LogP contribution in [0.15, 0.2) is 24.3 Å². The molecule has 3 fully saturated rings. The lowest BCUT2D eigenvalue weighted by Gasteiger charge is -2.44. The predicted octanol–water partition coefficient (Wildman–Crippen LogP) is 3.02.